The fourth-order valence-electron chi connectivity index (χ4n) is 3.00. The van der Waals surface area contributed by atoms with Crippen molar-refractivity contribution < 1.29 is 14.4 Å². The summed E-state index contributed by atoms with van der Waals surface area (Å²) >= 11 is 0. The highest BCUT2D eigenvalue weighted by Crippen LogP contribution is 2.35. The van der Waals surface area contributed by atoms with Crippen LogP contribution in [0.1, 0.15) is 25.7 Å². The van der Waals surface area contributed by atoms with E-state index in [9.17, 15) is 10.1 Å². The molecule has 9 heteroatoms. The van der Waals surface area contributed by atoms with Crippen LogP contribution < -0.4 is 9.80 Å². The van der Waals surface area contributed by atoms with Crippen LogP contribution in [0.2, 0.25) is 0 Å². The fraction of sp³-hybridized carbons (Fsp3) is 0.750. The van der Waals surface area contributed by atoms with E-state index in [4.69, 9.17) is 9.47 Å². The average molecular weight is 353 g/mol. The molecule has 0 aromatic carbocycles. The number of methoxy groups -OCH3 is 2. The van der Waals surface area contributed by atoms with Gasteiger partial charge in [0.25, 0.3) is 0 Å². The van der Waals surface area contributed by atoms with E-state index >= 15 is 0 Å². The number of aromatic nitrogens is 2. The molecule has 0 spiro atoms. The van der Waals surface area contributed by atoms with Crippen molar-refractivity contribution in [2.75, 3.05) is 63.4 Å². The number of nitro groups is 1. The molecule has 0 N–H and O–H groups in total. The standard InChI is InChI=1S/C16H27N5O4/c1-24-11-9-20(10-12-25-2)16-14(21(22)23)15(17-13-18-16)19-7-5-3-4-6-8-19/h13H,3-12H2,1-2H3. The molecule has 2 heterocycles. The molecule has 0 aliphatic carbocycles. The highest BCUT2D eigenvalue weighted by molar-refractivity contribution is 5.71. The van der Waals surface area contributed by atoms with E-state index in [0.29, 0.717) is 37.9 Å². The molecular formula is C16H27N5O4. The van der Waals surface area contributed by atoms with Crippen LogP contribution in [0.15, 0.2) is 6.33 Å². The summed E-state index contributed by atoms with van der Waals surface area (Å²) in [4.78, 5) is 23.8. The molecule has 0 amide bonds. The number of hydrogen-bond donors (Lipinski definition) is 0. The molecule has 140 valence electrons. The Bertz CT molecular complexity index is 541. The highest BCUT2D eigenvalue weighted by Gasteiger charge is 2.30. The SMILES string of the molecule is COCCN(CCOC)c1ncnc(N2CCCCCC2)c1[N+](=O)[O-]. The van der Waals surface area contributed by atoms with Crippen molar-refractivity contribution in [2.45, 2.75) is 25.7 Å². The first kappa shape index (κ1) is 19.3. The minimum Gasteiger partial charge on any atom is -0.383 e. The largest absolute Gasteiger partial charge is 0.383 e. The third kappa shape index (κ3) is 5.23. The Hall–Kier alpha value is -2.00. The van der Waals surface area contributed by atoms with Crippen molar-refractivity contribution in [3.63, 3.8) is 0 Å². The first-order chi connectivity index (χ1) is 12.2. The molecule has 2 rings (SSSR count). The van der Waals surface area contributed by atoms with Crippen molar-refractivity contribution >= 4 is 17.3 Å². The van der Waals surface area contributed by atoms with E-state index in [2.05, 4.69) is 9.97 Å². The lowest BCUT2D eigenvalue weighted by Crippen LogP contribution is -2.33. The van der Waals surface area contributed by atoms with E-state index in [1.165, 1.54) is 6.33 Å². The smallest absolute Gasteiger partial charge is 0.353 e. The van der Waals surface area contributed by atoms with Gasteiger partial charge in [0.1, 0.15) is 6.33 Å². The number of hydrogen-bond acceptors (Lipinski definition) is 8. The molecule has 1 aliphatic heterocycles. The van der Waals surface area contributed by atoms with Gasteiger partial charge in [-0.1, -0.05) is 12.8 Å². The lowest BCUT2D eigenvalue weighted by Gasteiger charge is -2.26. The number of rotatable bonds is 9. The van der Waals surface area contributed by atoms with E-state index in [-0.39, 0.29) is 10.6 Å². The highest BCUT2D eigenvalue weighted by atomic mass is 16.6. The van der Waals surface area contributed by atoms with Crippen molar-refractivity contribution in [1.29, 1.82) is 0 Å². The Labute approximate surface area is 148 Å². The molecule has 9 nitrogen and oxygen atoms in total. The number of nitrogens with zero attached hydrogens (tertiary/aromatic N) is 5. The molecule has 0 unspecified atom stereocenters. The summed E-state index contributed by atoms with van der Waals surface area (Å²) in [6, 6.07) is 0. The summed E-state index contributed by atoms with van der Waals surface area (Å²) in [5, 5.41) is 11.8. The normalized spacial score (nSPS) is 15.0. The Kier molecular flexibility index (Phi) is 7.80. The third-order valence-electron chi connectivity index (χ3n) is 4.30. The molecule has 1 aromatic heterocycles. The maximum absolute atomic E-state index is 11.8. The third-order valence-corrected chi connectivity index (χ3v) is 4.30. The zero-order valence-corrected chi connectivity index (χ0v) is 15.0. The second-order valence-electron chi connectivity index (χ2n) is 6.00. The first-order valence-electron chi connectivity index (χ1n) is 8.66. The van der Waals surface area contributed by atoms with Crippen LogP contribution in [0.3, 0.4) is 0 Å². The van der Waals surface area contributed by atoms with Gasteiger partial charge in [-0.15, -0.1) is 0 Å². The van der Waals surface area contributed by atoms with Crippen LogP contribution in [-0.2, 0) is 9.47 Å². The summed E-state index contributed by atoms with van der Waals surface area (Å²) < 4.78 is 10.3. The zero-order valence-electron chi connectivity index (χ0n) is 15.0. The van der Waals surface area contributed by atoms with Crippen LogP contribution in [-0.4, -0.2) is 68.5 Å². The second-order valence-corrected chi connectivity index (χ2v) is 6.00. The van der Waals surface area contributed by atoms with Gasteiger partial charge in [0.15, 0.2) is 0 Å². The van der Waals surface area contributed by atoms with Gasteiger partial charge in [0.05, 0.1) is 18.1 Å². The predicted molar refractivity (Wildman–Crippen MR) is 95.3 cm³/mol. The van der Waals surface area contributed by atoms with E-state index in [1.54, 1.807) is 14.2 Å². The summed E-state index contributed by atoms with van der Waals surface area (Å²) in [7, 11) is 3.21. The molecule has 1 saturated heterocycles. The molecular weight excluding hydrogens is 326 g/mol. The Morgan fingerprint density at radius 1 is 1.12 bits per heavy atom. The molecule has 1 aliphatic rings. The van der Waals surface area contributed by atoms with Gasteiger partial charge in [-0.3, -0.25) is 10.1 Å². The molecule has 0 saturated carbocycles. The molecule has 0 atom stereocenters. The fourth-order valence-corrected chi connectivity index (χ4v) is 3.00. The quantitative estimate of drug-likeness (QED) is 0.490. The minimum atomic E-state index is -0.373. The number of anilines is 2. The van der Waals surface area contributed by atoms with Crippen molar-refractivity contribution in [2.24, 2.45) is 0 Å². The monoisotopic (exact) mass is 353 g/mol. The first-order valence-corrected chi connectivity index (χ1v) is 8.66. The van der Waals surface area contributed by atoms with E-state index in [0.717, 1.165) is 38.8 Å². The Balaban J connectivity index is 2.37. The number of ether oxygens (including phenoxy) is 2. The maximum atomic E-state index is 11.8. The maximum Gasteiger partial charge on any atom is 0.353 e. The minimum absolute atomic E-state index is 0.0309. The van der Waals surface area contributed by atoms with Crippen LogP contribution in [0.25, 0.3) is 0 Å². The summed E-state index contributed by atoms with van der Waals surface area (Å²) in [5.41, 5.74) is -0.0309. The molecule has 0 bridgehead atoms. The van der Waals surface area contributed by atoms with Gasteiger partial charge in [-0.2, -0.15) is 0 Å². The van der Waals surface area contributed by atoms with E-state index in [1.807, 2.05) is 9.80 Å². The second kappa shape index (κ2) is 10.1. The summed E-state index contributed by atoms with van der Waals surface area (Å²) in [6.45, 7) is 3.46. The van der Waals surface area contributed by atoms with E-state index < -0.39 is 0 Å². The van der Waals surface area contributed by atoms with Gasteiger partial charge >= 0.3 is 5.69 Å². The van der Waals surface area contributed by atoms with Gasteiger partial charge in [-0.25, -0.2) is 9.97 Å². The van der Waals surface area contributed by atoms with Gasteiger partial charge in [0, 0.05) is 40.4 Å². The van der Waals surface area contributed by atoms with Crippen LogP contribution in [0.5, 0.6) is 0 Å². The van der Waals surface area contributed by atoms with Crippen molar-refractivity contribution in [3.8, 4) is 0 Å². The zero-order chi connectivity index (χ0) is 18.1. The molecule has 0 radical (unpaired) electrons. The molecule has 1 aromatic rings. The van der Waals surface area contributed by atoms with Crippen molar-refractivity contribution in [1.82, 2.24) is 9.97 Å². The van der Waals surface area contributed by atoms with Gasteiger partial charge in [-0.05, 0) is 12.8 Å². The Morgan fingerprint density at radius 3 is 2.24 bits per heavy atom. The lowest BCUT2D eigenvalue weighted by molar-refractivity contribution is -0.383. The topological polar surface area (TPSA) is 93.9 Å². The summed E-state index contributed by atoms with van der Waals surface area (Å²) in [6.07, 6.45) is 5.75. The predicted octanol–water partition coefficient (Wildman–Crippen LogP) is 1.86. The lowest BCUT2D eigenvalue weighted by atomic mass is 10.2. The summed E-state index contributed by atoms with van der Waals surface area (Å²) in [5.74, 6) is 0.741. The molecule has 1 fully saturated rings. The van der Waals surface area contributed by atoms with Crippen LogP contribution in [0.4, 0.5) is 17.3 Å². The Morgan fingerprint density at radius 2 is 1.72 bits per heavy atom. The van der Waals surface area contributed by atoms with Crippen LogP contribution in [0, 0.1) is 10.1 Å². The van der Waals surface area contributed by atoms with Crippen LogP contribution >= 0.6 is 0 Å². The van der Waals surface area contributed by atoms with Gasteiger partial charge in [0.2, 0.25) is 11.6 Å². The van der Waals surface area contributed by atoms with Gasteiger partial charge < -0.3 is 19.3 Å². The van der Waals surface area contributed by atoms with Crippen molar-refractivity contribution in [3.05, 3.63) is 16.4 Å². The average Bonchev–Trinajstić information content (AvgIpc) is 2.90. The molecule has 25 heavy (non-hydrogen) atoms.